The Morgan fingerprint density at radius 1 is 1.11 bits per heavy atom. The second-order valence-electron chi connectivity index (χ2n) is 6.67. The Kier molecular flexibility index (Phi) is 6.95. The van der Waals surface area contributed by atoms with Gasteiger partial charge in [-0.2, -0.15) is 0 Å². The van der Waals surface area contributed by atoms with Crippen molar-refractivity contribution in [3.63, 3.8) is 0 Å². The first-order valence-corrected chi connectivity index (χ1v) is 10.2. The van der Waals surface area contributed by atoms with Gasteiger partial charge in [0.15, 0.2) is 6.54 Å². The molecule has 0 atom stereocenters. The van der Waals surface area contributed by atoms with Crippen molar-refractivity contribution in [2.75, 3.05) is 52.3 Å². The molecule has 1 saturated heterocycles. The van der Waals surface area contributed by atoms with E-state index < -0.39 is 0 Å². The van der Waals surface area contributed by atoms with Gasteiger partial charge in [0.05, 0.1) is 29.1 Å². The normalized spacial score (nSPS) is 19.5. The molecule has 1 amide bonds. The number of carbonyl (C=O) groups excluding carboxylic acids is 1. The summed E-state index contributed by atoms with van der Waals surface area (Å²) in [6.07, 6.45) is 0. The molecule has 6 nitrogen and oxygen atoms in total. The Bertz CT molecular complexity index is 775. The van der Waals surface area contributed by atoms with E-state index in [-0.39, 0.29) is 5.91 Å². The summed E-state index contributed by atoms with van der Waals surface area (Å²) < 4.78 is 11.4. The number of amides is 1. The van der Waals surface area contributed by atoms with Gasteiger partial charge in [0, 0.05) is 6.07 Å². The minimum absolute atomic E-state index is 0.00922. The molecule has 8 heteroatoms. The van der Waals surface area contributed by atoms with Gasteiger partial charge in [0.2, 0.25) is 0 Å². The summed E-state index contributed by atoms with van der Waals surface area (Å²) in [5.41, 5.74) is 0.639. The number of carbonyl (C=O) groups is 1. The van der Waals surface area contributed by atoms with E-state index in [0.29, 0.717) is 23.7 Å². The Hall–Kier alpha value is -1.80. The number of hydrogen-bond acceptors (Lipinski definition) is 4. The monoisotopic (exact) mass is 411 g/mol. The zero-order valence-corrected chi connectivity index (χ0v) is 17.2. The Morgan fingerprint density at radius 3 is 2.48 bits per heavy atom. The largest absolute Gasteiger partial charge is 0.497 e. The highest BCUT2D eigenvalue weighted by Crippen LogP contribution is 2.28. The van der Waals surface area contributed by atoms with Crippen LogP contribution in [0.2, 0.25) is 4.34 Å². The number of anilines is 1. The highest BCUT2D eigenvalue weighted by atomic mass is 35.5. The molecular formula is C19H26ClN3O3S+2. The Morgan fingerprint density at radius 2 is 1.85 bits per heavy atom. The van der Waals surface area contributed by atoms with Gasteiger partial charge in [-0.1, -0.05) is 11.6 Å². The maximum absolute atomic E-state index is 12.5. The predicted octanol–water partition coefficient (Wildman–Crippen LogP) is 0.341. The molecule has 3 rings (SSSR count). The summed E-state index contributed by atoms with van der Waals surface area (Å²) in [6, 6.07) is 9.44. The number of ether oxygens (including phenoxy) is 2. The van der Waals surface area contributed by atoms with Gasteiger partial charge in [-0.05, 0) is 24.3 Å². The molecule has 0 bridgehead atoms. The summed E-state index contributed by atoms with van der Waals surface area (Å²) in [5, 5.41) is 2.95. The highest BCUT2D eigenvalue weighted by Gasteiger charge is 2.25. The smallest absolute Gasteiger partial charge is 0.279 e. The van der Waals surface area contributed by atoms with E-state index in [1.54, 1.807) is 42.6 Å². The number of rotatable bonds is 7. The fraction of sp³-hybridized carbons (Fsp3) is 0.421. The molecule has 1 fully saturated rings. The van der Waals surface area contributed by atoms with Crippen molar-refractivity contribution >= 4 is 34.5 Å². The third-order valence-corrected chi connectivity index (χ3v) is 6.04. The third-order valence-electron chi connectivity index (χ3n) is 4.81. The van der Waals surface area contributed by atoms with Crippen molar-refractivity contribution in [2.45, 2.75) is 6.54 Å². The zero-order valence-electron chi connectivity index (χ0n) is 15.6. The molecule has 1 aliphatic heterocycles. The molecule has 146 valence electrons. The van der Waals surface area contributed by atoms with Gasteiger partial charge in [-0.25, -0.2) is 0 Å². The lowest BCUT2D eigenvalue weighted by atomic mass is 10.2. The SMILES string of the molecule is COc1ccc(OC)c(NC(=O)C[NH+]2CC[NH+](Cc3ccc(Cl)s3)CC2)c1. The van der Waals surface area contributed by atoms with Gasteiger partial charge >= 0.3 is 0 Å². The lowest BCUT2D eigenvalue weighted by Gasteiger charge is -2.29. The second kappa shape index (κ2) is 9.41. The topological polar surface area (TPSA) is 56.4 Å². The molecule has 3 N–H and O–H groups in total. The summed E-state index contributed by atoms with van der Waals surface area (Å²) in [4.78, 5) is 16.7. The molecule has 2 aromatic rings. The number of thiophene rings is 1. The summed E-state index contributed by atoms with van der Waals surface area (Å²) in [5.74, 6) is 1.30. The van der Waals surface area contributed by atoms with Crippen molar-refractivity contribution in [3.8, 4) is 11.5 Å². The average molecular weight is 412 g/mol. The molecule has 0 aliphatic carbocycles. The van der Waals surface area contributed by atoms with Crippen molar-refractivity contribution in [1.29, 1.82) is 0 Å². The molecule has 0 unspecified atom stereocenters. The fourth-order valence-electron chi connectivity index (χ4n) is 3.34. The Labute approximate surface area is 168 Å². The average Bonchev–Trinajstić information content (AvgIpc) is 3.08. The van der Waals surface area contributed by atoms with Crippen LogP contribution in [0.15, 0.2) is 30.3 Å². The number of quaternary nitrogens is 2. The van der Waals surface area contributed by atoms with E-state index in [1.807, 2.05) is 12.1 Å². The number of hydrogen-bond donors (Lipinski definition) is 3. The van der Waals surface area contributed by atoms with E-state index in [0.717, 1.165) is 37.1 Å². The molecule has 27 heavy (non-hydrogen) atoms. The van der Waals surface area contributed by atoms with Crippen LogP contribution >= 0.6 is 22.9 Å². The quantitative estimate of drug-likeness (QED) is 0.616. The van der Waals surface area contributed by atoms with Crippen LogP contribution < -0.4 is 24.6 Å². The van der Waals surface area contributed by atoms with E-state index >= 15 is 0 Å². The van der Waals surface area contributed by atoms with Gasteiger partial charge in [0.1, 0.15) is 44.2 Å². The molecule has 2 heterocycles. The third kappa shape index (κ3) is 5.59. The molecule has 0 spiro atoms. The molecule has 0 saturated carbocycles. The van der Waals surface area contributed by atoms with Gasteiger partial charge in [-0.15, -0.1) is 11.3 Å². The van der Waals surface area contributed by atoms with Crippen molar-refractivity contribution < 1.29 is 24.1 Å². The first kappa shape index (κ1) is 19.9. The molecule has 1 aromatic carbocycles. The van der Waals surface area contributed by atoms with Gasteiger partial charge in [-0.3, -0.25) is 4.79 Å². The van der Waals surface area contributed by atoms with Crippen LogP contribution in [0.4, 0.5) is 5.69 Å². The second-order valence-corrected chi connectivity index (χ2v) is 8.47. The molecular weight excluding hydrogens is 386 g/mol. The number of halogens is 1. The van der Waals surface area contributed by atoms with Crippen LogP contribution in [0.25, 0.3) is 0 Å². The minimum Gasteiger partial charge on any atom is -0.497 e. The van der Waals surface area contributed by atoms with Crippen LogP contribution in [0, 0.1) is 0 Å². The maximum atomic E-state index is 12.5. The van der Waals surface area contributed by atoms with E-state index in [2.05, 4.69) is 11.4 Å². The number of nitrogens with one attached hydrogen (secondary N) is 3. The van der Waals surface area contributed by atoms with Gasteiger partial charge in [0.25, 0.3) is 5.91 Å². The molecule has 0 radical (unpaired) electrons. The standard InChI is InChI=1S/C19H24ClN3O3S/c1-25-14-3-5-17(26-2)16(11-14)21-19(24)13-23-9-7-22(8-10-23)12-15-4-6-18(20)27-15/h3-6,11H,7-10,12-13H2,1-2H3,(H,21,24)/p+2. The van der Waals surface area contributed by atoms with E-state index in [4.69, 9.17) is 21.1 Å². The zero-order chi connectivity index (χ0) is 19.2. The van der Waals surface area contributed by atoms with Crippen LogP contribution in [0.5, 0.6) is 11.5 Å². The first-order chi connectivity index (χ1) is 13.1. The first-order valence-electron chi connectivity index (χ1n) is 9.00. The minimum atomic E-state index is -0.00922. The number of benzene rings is 1. The predicted molar refractivity (Wildman–Crippen MR) is 107 cm³/mol. The lowest BCUT2D eigenvalue weighted by molar-refractivity contribution is -1.01. The van der Waals surface area contributed by atoms with Crippen molar-refractivity contribution in [1.82, 2.24) is 0 Å². The van der Waals surface area contributed by atoms with Crippen LogP contribution in [0.1, 0.15) is 4.88 Å². The van der Waals surface area contributed by atoms with Crippen LogP contribution in [-0.2, 0) is 11.3 Å². The highest BCUT2D eigenvalue weighted by molar-refractivity contribution is 7.16. The van der Waals surface area contributed by atoms with Crippen molar-refractivity contribution in [3.05, 3.63) is 39.5 Å². The Balaban J connectivity index is 1.48. The summed E-state index contributed by atoms with van der Waals surface area (Å²) >= 11 is 7.66. The summed E-state index contributed by atoms with van der Waals surface area (Å²) in [7, 11) is 3.19. The van der Waals surface area contributed by atoms with Crippen molar-refractivity contribution in [2.24, 2.45) is 0 Å². The van der Waals surface area contributed by atoms with Gasteiger partial charge < -0.3 is 24.6 Å². The molecule has 1 aliphatic rings. The number of methoxy groups -OCH3 is 2. The molecule has 1 aromatic heterocycles. The van der Waals surface area contributed by atoms with E-state index in [9.17, 15) is 4.79 Å². The van der Waals surface area contributed by atoms with Crippen LogP contribution in [-0.4, -0.2) is 52.9 Å². The van der Waals surface area contributed by atoms with Crippen LogP contribution in [0.3, 0.4) is 0 Å². The fourth-order valence-corrected chi connectivity index (χ4v) is 4.50. The van der Waals surface area contributed by atoms with E-state index in [1.165, 1.54) is 9.78 Å². The maximum Gasteiger partial charge on any atom is 0.279 e. The lowest BCUT2D eigenvalue weighted by Crippen LogP contribution is -3.28. The summed E-state index contributed by atoms with van der Waals surface area (Å²) in [6.45, 7) is 5.55. The number of piperazine rings is 1.